The zero-order valence-corrected chi connectivity index (χ0v) is 14.5. The number of unbranched alkanes of at least 4 members (excludes halogenated alkanes) is 4. The van der Waals surface area contributed by atoms with Crippen LogP contribution in [0.2, 0.25) is 0 Å². The quantitative estimate of drug-likeness (QED) is 0.242. The molecule has 0 aliphatic heterocycles. The predicted molar refractivity (Wildman–Crippen MR) is 96.5 cm³/mol. The fourth-order valence-electron chi connectivity index (χ4n) is 2.10. The minimum absolute atomic E-state index is 0.0807. The van der Waals surface area contributed by atoms with Crippen molar-refractivity contribution in [2.45, 2.75) is 77.6 Å². The van der Waals surface area contributed by atoms with E-state index in [1.807, 2.05) is 18.2 Å². The molecule has 0 saturated carbocycles. The molecule has 0 fully saturated rings. The van der Waals surface area contributed by atoms with Gasteiger partial charge in [0.05, 0.1) is 0 Å². The fraction of sp³-hybridized carbons (Fsp3) is 0.600. The van der Waals surface area contributed by atoms with Crippen molar-refractivity contribution in [2.24, 2.45) is 0 Å². The minimum Gasteiger partial charge on any atom is -0.481 e. The largest absolute Gasteiger partial charge is 0.481 e. The lowest BCUT2D eigenvalue weighted by atomic mass is 10.1. The minimum atomic E-state index is -0.835. The Hall–Kier alpha value is -1.64. The zero-order chi connectivity index (χ0) is 17.2. The number of hydrogen-bond acceptors (Lipinski definition) is 2. The summed E-state index contributed by atoms with van der Waals surface area (Å²) < 4.78 is 0. The number of hydrogen-bond donors (Lipinski definition) is 1. The number of allylic oxidation sites excluding steroid dienone is 6. The number of ketones is 1. The molecule has 3 nitrogen and oxygen atoms in total. The fourth-order valence-corrected chi connectivity index (χ4v) is 2.10. The number of aliphatic carboxylic acids is 1. The first-order valence-electron chi connectivity index (χ1n) is 8.87. The van der Waals surface area contributed by atoms with Gasteiger partial charge in [0.15, 0.2) is 0 Å². The maximum Gasteiger partial charge on any atom is 0.303 e. The Morgan fingerprint density at radius 2 is 1.39 bits per heavy atom. The van der Waals surface area contributed by atoms with Gasteiger partial charge < -0.3 is 5.11 Å². The Bertz CT molecular complexity index is 392. The number of carbonyl (C=O) groups excluding carboxylic acids is 1. The van der Waals surface area contributed by atoms with Crippen LogP contribution < -0.4 is 0 Å². The van der Waals surface area contributed by atoms with Crippen molar-refractivity contribution in [3.8, 4) is 0 Å². The van der Waals surface area contributed by atoms with Crippen LogP contribution in [0.3, 0.4) is 0 Å². The van der Waals surface area contributed by atoms with Crippen LogP contribution in [-0.4, -0.2) is 16.9 Å². The van der Waals surface area contributed by atoms with Crippen LogP contribution in [0.1, 0.15) is 77.6 Å². The van der Waals surface area contributed by atoms with Crippen molar-refractivity contribution >= 4 is 11.8 Å². The van der Waals surface area contributed by atoms with Gasteiger partial charge in [-0.1, -0.05) is 56.2 Å². The van der Waals surface area contributed by atoms with E-state index in [1.54, 1.807) is 0 Å². The zero-order valence-electron chi connectivity index (χ0n) is 14.5. The van der Waals surface area contributed by atoms with E-state index in [4.69, 9.17) is 5.11 Å². The van der Waals surface area contributed by atoms with Gasteiger partial charge >= 0.3 is 5.97 Å². The number of carboxylic acids is 1. The first-order valence-corrected chi connectivity index (χ1v) is 8.87. The molecule has 0 aliphatic rings. The van der Waals surface area contributed by atoms with E-state index in [2.05, 4.69) is 25.2 Å². The highest BCUT2D eigenvalue weighted by molar-refractivity contribution is 5.79. The highest BCUT2D eigenvalue weighted by Crippen LogP contribution is 2.03. The van der Waals surface area contributed by atoms with Crippen molar-refractivity contribution in [1.29, 1.82) is 0 Å². The summed E-state index contributed by atoms with van der Waals surface area (Å²) in [6, 6.07) is 0. The standard InChI is InChI=1S/C20H32O3/c1-2-3-4-5-6-7-8-9-10-11-12-13-14-16-19(21)17-15-18-20(22)23/h6-7,10-13H,2-5,8-9,14-18H2,1H3,(H,22,23). The summed E-state index contributed by atoms with van der Waals surface area (Å²) >= 11 is 0. The smallest absolute Gasteiger partial charge is 0.303 e. The maximum atomic E-state index is 11.5. The van der Waals surface area contributed by atoms with Gasteiger partial charge in [-0.15, -0.1) is 0 Å². The number of Topliss-reactive ketones (excluding diaryl/α,β-unsaturated/α-hetero) is 1. The second-order valence-corrected chi connectivity index (χ2v) is 5.73. The molecule has 3 heteroatoms. The second kappa shape index (κ2) is 16.7. The molecule has 130 valence electrons. The van der Waals surface area contributed by atoms with Crippen molar-refractivity contribution < 1.29 is 14.7 Å². The summed E-state index contributed by atoms with van der Waals surface area (Å²) in [5.41, 5.74) is 0. The lowest BCUT2D eigenvalue weighted by Gasteiger charge is -1.96. The molecule has 0 amide bonds. The van der Waals surface area contributed by atoms with Gasteiger partial charge in [-0.3, -0.25) is 9.59 Å². The molecule has 0 aliphatic carbocycles. The van der Waals surface area contributed by atoms with Crippen LogP contribution in [0.5, 0.6) is 0 Å². The topological polar surface area (TPSA) is 54.4 Å². The summed E-state index contributed by atoms with van der Waals surface area (Å²) in [6.45, 7) is 2.22. The van der Waals surface area contributed by atoms with Crippen LogP contribution in [0.25, 0.3) is 0 Å². The Balaban J connectivity index is 3.48. The summed E-state index contributed by atoms with van der Waals surface area (Å²) in [5.74, 6) is -0.688. The molecular weight excluding hydrogens is 288 g/mol. The lowest BCUT2D eigenvalue weighted by molar-refractivity contribution is -0.137. The molecule has 0 unspecified atom stereocenters. The number of rotatable bonds is 15. The Kier molecular flexibility index (Phi) is 15.5. The molecular formula is C20H32O3. The monoisotopic (exact) mass is 320 g/mol. The van der Waals surface area contributed by atoms with Crippen LogP contribution in [-0.2, 0) is 9.59 Å². The van der Waals surface area contributed by atoms with E-state index < -0.39 is 5.97 Å². The van der Waals surface area contributed by atoms with Crippen LogP contribution >= 0.6 is 0 Å². The van der Waals surface area contributed by atoms with Crippen molar-refractivity contribution in [3.63, 3.8) is 0 Å². The van der Waals surface area contributed by atoms with E-state index in [1.165, 1.54) is 25.7 Å². The number of carboxylic acid groups (broad SMARTS) is 1. The first-order chi connectivity index (χ1) is 11.2. The first kappa shape index (κ1) is 21.4. The van der Waals surface area contributed by atoms with E-state index in [0.29, 0.717) is 19.3 Å². The molecule has 0 radical (unpaired) electrons. The van der Waals surface area contributed by atoms with Crippen molar-refractivity contribution in [1.82, 2.24) is 0 Å². The molecule has 0 bridgehead atoms. The molecule has 0 saturated heterocycles. The van der Waals surface area contributed by atoms with Crippen LogP contribution in [0.15, 0.2) is 36.5 Å². The Labute approximate surface area is 141 Å². The molecule has 0 spiro atoms. The van der Waals surface area contributed by atoms with Gasteiger partial charge in [-0.25, -0.2) is 0 Å². The average molecular weight is 320 g/mol. The SMILES string of the molecule is CCCCCC=CCCC=CC=CCCC(=O)CCCC(=O)O. The summed E-state index contributed by atoms with van der Waals surface area (Å²) in [5, 5.41) is 8.49. The van der Waals surface area contributed by atoms with Gasteiger partial charge in [0.1, 0.15) is 5.78 Å². The molecule has 0 aromatic heterocycles. The second-order valence-electron chi connectivity index (χ2n) is 5.73. The van der Waals surface area contributed by atoms with E-state index in [9.17, 15) is 9.59 Å². The van der Waals surface area contributed by atoms with Crippen molar-refractivity contribution in [3.05, 3.63) is 36.5 Å². The predicted octanol–water partition coefficient (Wildman–Crippen LogP) is 5.62. The van der Waals surface area contributed by atoms with E-state index >= 15 is 0 Å². The molecule has 0 heterocycles. The van der Waals surface area contributed by atoms with Gasteiger partial charge in [-0.2, -0.15) is 0 Å². The van der Waals surface area contributed by atoms with Crippen LogP contribution in [0, 0.1) is 0 Å². The maximum absolute atomic E-state index is 11.5. The molecule has 0 rings (SSSR count). The highest BCUT2D eigenvalue weighted by atomic mass is 16.4. The van der Waals surface area contributed by atoms with Crippen molar-refractivity contribution in [2.75, 3.05) is 0 Å². The van der Waals surface area contributed by atoms with Gasteiger partial charge in [0, 0.05) is 19.3 Å². The third-order valence-electron chi connectivity index (χ3n) is 3.46. The molecule has 0 aromatic carbocycles. The van der Waals surface area contributed by atoms with Gasteiger partial charge in [-0.05, 0) is 38.5 Å². The number of carbonyl (C=O) groups is 2. The molecule has 0 aromatic rings. The Morgan fingerprint density at radius 3 is 2.09 bits per heavy atom. The molecule has 23 heavy (non-hydrogen) atoms. The highest BCUT2D eigenvalue weighted by Gasteiger charge is 2.02. The third kappa shape index (κ3) is 18.3. The van der Waals surface area contributed by atoms with E-state index in [0.717, 1.165) is 19.3 Å². The summed E-state index contributed by atoms with van der Waals surface area (Å²) in [4.78, 5) is 21.8. The molecule has 0 atom stereocenters. The average Bonchev–Trinajstić information content (AvgIpc) is 2.51. The Morgan fingerprint density at radius 1 is 0.739 bits per heavy atom. The summed E-state index contributed by atoms with van der Waals surface area (Å²) in [6.07, 6.45) is 22.0. The van der Waals surface area contributed by atoms with Gasteiger partial charge in [0.25, 0.3) is 0 Å². The van der Waals surface area contributed by atoms with Crippen LogP contribution in [0.4, 0.5) is 0 Å². The molecule has 1 N–H and O–H groups in total. The lowest BCUT2D eigenvalue weighted by Crippen LogP contribution is -2.00. The van der Waals surface area contributed by atoms with E-state index in [-0.39, 0.29) is 12.2 Å². The normalized spacial score (nSPS) is 11.9. The van der Waals surface area contributed by atoms with Gasteiger partial charge in [0.2, 0.25) is 0 Å². The third-order valence-corrected chi connectivity index (χ3v) is 3.46. The summed E-state index contributed by atoms with van der Waals surface area (Å²) in [7, 11) is 0.